The Morgan fingerprint density at radius 3 is 2.53 bits per heavy atom. The van der Waals surface area contributed by atoms with E-state index in [1.54, 1.807) is 10.9 Å². The van der Waals surface area contributed by atoms with Crippen molar-refractivity contribution in [3.05, 3.63) is 6.20 Å². The number of anilines is 1. The van der Waals surface area contributed by atoms with Gasteiger partial charge in [-0.25, -0.2) is 0 Å². The van der Waals surface area contributed by atoms with Crippen LogP contribution in [-0.4, -0.2) is 40.9 Å². The lowest BCUT2D eigenvalue weighted by Gasteiger charge is -2.31. The summed E-state index contributed by atoms with van der Waals surface area (Å²) in [6.07, 6.45) is 1.73. The zero-order chi connectivity index (χ0) is 11.6. The summed E-state index contributed by atoms with van der Waals surface area (Å²) < 4.78 is 7.23. The molecule has 0 unspecified atom stereocenters. The van der Waals surface area contributed by atoms with Crippen LogP contribution in [0, 0.1) is 0 Å². The van der Waals surface area contributed by atoms with Gasteiger partial charge in [0.1, 0.15) is 12.3 Å². The van der Waals surface area contributed by atoms with Crippen LogP contribution in [0.1, 0.15) is 13.8 Å². The highest BCUT2D eigenvalue weighted by molar-refractivity contribution is 5.45. The molecule has 0 aromatic carbocycles. The summed E-state index contributed by atoms with van der Waals surface area (Å²) >= 11 is 0. The first kappa shape index (κ1) is 11.8. The molecular formula is C10H20N4O. The number of nitrogens with two attached hydrogens (primary N) is 1. The van der Waals surface area contributed by atoms with Crippen molar-refractivity contribution in [2.75, 3.05) is 26.4 Å². The topological polar surface area (TPSA) is 56.3 Å². The second-order valence-electron chi connectivity index (χ2n) is 4.56. The predicted octanol–water partition coefficient (Wildman–Crippen LogP) is 0.721. The number of nitrogen functional groups attached to an aromatic ring is 1. The SMILES string of the molecule is CN(C)C(C)(C)COc1nn(C)cc1N. The Bertz CT molecular complexity index is 330. The minimum Gasteiger partial charge on any atom is -0.473 e. The first-order valence-corrected chi connectivity index (χ1v) is 4.92. The molecule has 0 amide bonds. The van der Waals surface area contributed by atoms with Crippen molar-refractivity contribution in [1.29, 1.82) is 0 Å². The standard InChI is InChI=1S/C10H20N4O/c1-10(2,13(3)4)7-15-9-8(11)6-14(5)12-9/h6H,7,11H2,1-5H3. The summed E-state index contributed by atoms with van der Waals surface area (Å²) in [5, 5.41) is 4.12. The fraction of sp³-hybridized carbons (Fsp3) is 0.700. The number of aromatic nitrogens is 2. The molecule has 0 bridgehead atoms. The molecule has 0 fully saturated rings. The number of aryl methyl sites for hydroxylation is 1. The Labute approximate surface area is 90.8 Å². The monoisotopic (exact) mass is 212 g/mol. The van der Waals surface area contributed by atoms with Crippen molar-refractivity contribution < 1.29 is 4.74 Å². The third-order valence-electron chi connectivity index (χ3n) is 2.59. The fourth-order valence-electron chi connectivity index (χ4n) is 0.973. The molecule has 1 aromatic heterocycles. The Morgan fingerprint density at radius 1 is 1.53 bits per heavy atom. The molecule has 0 aliphatic heterocycles. The molecule has 2 N–H and O–H groups in total. The lowest BCUT2D eigenvalue weighted by Crippen LogP contribution is -2.43. The Hall–Kier alpha value is -1.23. The van der Waals surface area contributed by atoms with Gasteiger partial charge in [-0.1, -0.05) is 0 Å². The van der Waals surface area contributed by atoms with Gasteiger partial charge < -0.3 is 15.4 Å². The van der Waals surface area contributed by atoms with Crippen LogP contribution in [0.4, 0.5) is 5.69 Å². The summed E-state index contributed by atoms with van der Waals surface area (Å²) in [4.78, 5) is 2.10. The van der Waals surface area contributed by atoms with Crippen molar-refractivity contribution in [3.63, 3.8) is 0 Å². The Morgan fingerprint density at radius 2 is 2.13 bits per heavy atom. The molecule has 5 heteroatoms. The third-order valence-corrected chi connectivity index (χ3v) is 2.59. The highest BCUT2D eigenvalue weighted by Crippen LogP contribution is 2.19. The summed E-state index contributed by atoms with van der Waals surface area (Å²) in [5.74, 6) is 0.507. The van der Waals surface area contributed by atoms with Gasteiger partial charge in [-0.3, -0.25) is 4.68 Å². The maximum absolute atomic E-state index is 5.72. The van der Waals surface area contributed by atoms with E-state index in [9.17, 15) is 0 Å². The predicted molar refractivity (Wildman–Crippen MR) is 60.9 cm³/mol. The third kappa shape index (κ3) is 2.86. The van der Waals surface area contributed by atoms with Crippen LogP contribution in [0.15, 0.2) is 6.20 Å². The summed E-state index contributed by atoms with van der Waals surface area (Å²) in [7, 11) is 5.86. The van der Waals surface area contributed by atoms with E-state index in [4.69, 9.17) is 10.5 Å². The Balaban J connectivity index is 2.61. The molecule has 1 heterocycles. The van der Waals surface area contributed by atoms with E-state index in [-0.39, 0.29) is 5.54 Å². The van der Waals surface area contributed by atoms with E-state index in [2.05, 4.69) is 23.8 Å². The maximum Gasteiger partial charge on any atom is 0.256 e. The van der Waals surface area contributed by atoms with Crippen LogP contribution in [0.25, 0.3) is 0 Å². The first-order valence-electron chi connectivity index (χ1n) is 4.92. The zero-order valence-electron chi connectivity index (χ0n) is 10.1. The van der Waals surface area contributed by atoms with Crippen molar-refractivity contribution in [2.45, 2.75) is 19.4 Å². The minimum atomic E-state index is -0.0377. The van der Waals surface area contributed by atoms with Gasteiger partial charge in [0.15, 0.2) is 0 Å². The number of hydrogen-bond acceptors (Lipinski definition) is 4. The van der Waals surface area contributed by atoms with Crippen molar-refractivity contribution in [2.24, 2.45) is 7.05 Å². The van der Waals surface area contributed by atoms with Gasteiger partial charge in [0.2, 0.25) is 0 Å². The van der Waals surface area contributed by atoms with Crippen molar-refractivity contribution in [3.8, 4) is 5.88 Å². The van der Waals surface area contributed by atoms with Gasteiger partial charge in [-0.2, -0.15) is 0 Å². The number of ether oxygens (including phenoxy) is 1. The molecule has 5 nitrogen and oxygen atoms in total. The first-order chi connectivity index (χ1) is 6.83. The molecule has 0 radical (unpaired) electrons. The lowest BCUT2D eigenvalue weighted by atomic mass is 10.1. The maximum atomic E-state index is 5.72. The highest BCUT2D eigenvalue weighted by Gasteiger charge is 2.22. The van der Waals surface area contributed by atoms with E-state index in [0.717, 1.165) is 0 Å². The van der Waals surface area contributed by atoms with Gasteiger partial charge in [-0.05, 0) is 27.9 Å². The average molecular weight is 212 g/mol. The van der Waals surface area contributed by atoms with Crippen LogP contribution < -0.4 is 10.5 Å². The molecule has 0 aliphatic rings. The van der Waals surface area contributed by atoms with E-state index in [0.29, 0.717) is 18.2 Å². The fourth-order valence-corrected chi connectivity index (χ4v) is 0.973. The van der Waals surface area contributed by atoms with Gasteiger partial charge >= 0.3 is 0 Å². The van der Waals surface area contributed by atoms with Gasteiger partial charge in [0.25, 0.3) is 5.88 Å². The van der Waals surface area contributed by atoms with Gasteiger partial charge in [0, 0.05) is 12.6 Å². The van der Waals surface area contributed by atoms with Crippen LogP contribution in [-0.2, 0) is 7.05 Å². The smallest absolute Gasteiger partial charge is 0.256 e. The summed E-state index contributed by atoms with van der Waals surface area (Å²) in [6.45, 7) is 4.76. The highest BCUT2D eigenvalue weighted by atomic mass is 16.5. The molecule has 15 heavy (non-hydrogen) atoms. The zero-order valence-corrected chi connectivity index (χ0v) is 10.1. The average Bonchev–Trinajstić information content (AvgIpc) is 2.41. The van der Waals surface area contributed by atoms with Gasteiger partial charge in [-0.15, -0.1) is 5.10 Å². The van der Waals surface area contributed by atoms with Crippen LogP contribution in [0.3, 0.4) is 0 Å². The molecule has 0 saturated carbocycles. The van der Waals surface area contributed by atoms with E-state index in [1.165, 1.54) is 0 Å². The van der Waals surface area contributed by atoms with E-state index < -0.39 is 0 Å². The number of nitrogens with zero attached hydrogens (tertiary/aromatic N) is 3. The van der Waals surface area contributed by atoms with Crippen LogP contribution in [0.5, 0.6) is 5.88 Å². The molecule has 0 aliphatic carbocycles. The molecule has 0 atom stereocenters. The van der Waals surface area contributed by atoms with E-state index in [1.807, 2.05) is 21.1 Å². The largest absolute Gasteiger partial charge is 0.473 e. The van der Waals surface area contributed by atoms with Crippen molar-refractivity contribution >= 4 is 5.69 Å². The summed E-state index contributed by atoms with van der Waals surface area (Å²) in [6, 6.07) is 0. The lowest BCUT2D eigenvalue weighted by molar-refractivity contribution is 0.111. The molecular weight excluding hydrogens is 192 g/mol. The van der Waals surface area contributed by atoms with Crippen molar-refractivity contribution in [1.82, 2.24) is 14.7 Å². The molecule has 1 rings (SSSR count). The van der Waals surface area contributed by atoms with E-state index >= 15 is 0 Å². The number of hydrogen-bond donors (Lipinski definition) is 1. The quantitative estimate of drug-likeness (QED) is 0.799. The van der Waals surface area contributed by atoms with Crippen LogP contribution >= 0.6 is 0 Å². The molecule has 86 valence electrons. The Kier molecular flexibility index (Phi) is 3.24. The molecule has 1 aromatic rings. The normalized spacial score (nSPS) is 12.1. The molecule has 0 spiro atoms. The molecule has 0 saturated heterocycles. The summed E-state index contributed by atoms with van der Waals surface area (Å²) in [5.41, 5.74) is 6.26. The van der Waals surface area contributed by atoms with Gasteiger partial charge in [0.05, 0.1) is 6.20 Å². The second-order valence-corrected chi connectivity index (χ2v) is 4.56. The number of likely N-dealkylation sites (N-methyl/N-ethyl adjacent to an activating group) is 1. The number of rotatable bonds is 4. The second kappa shape index (κ2) is 4.10. The van der Waals surface area contributed by atoms with Crippen LogP contribution in [0.2, 0.25) is 0 Å². The minimum absolute atomic E-state index is 0.0377.